The number of amides is 1. The van der Waals surface area contributed by atoms with Crippen molar-refractivity contribution in [2.24, 2.45) is 0 Å². The molecule has 0 saturated carbocycles. The lowest BCUT2D eigenvalue weighted by Gasteiger charge is -2.21. The number of rotatable bonds is 6. The van der Waals surface area contributed by atoms with Crippen LogP contribution in [-0.2, 0) is 20.7 Å². The van der Waals surface area contributed by atoms with E-state index in [1.807, 2.05) is 24.3 Å². The van der Waals surface area contributed by atoms with Crippen molar-refractivity contribution in [2.75, 3.05) is 25.7 Å². The van der Waals surface area contributed by atoms with Gasteiger partial charge in [0.1, 0.15) is 0 Å². The largest absolute Gasteiger partial charge is 0.493 e. The predicted octanol–water partition coefficient (Wildman–Crippen LogP) is 3.24. The zero-order valence-electron chi connectivity index (χ0n) is 16.2. The van der Waals surface area contributed by atoms with Crippen LogP contribution in [0.4, 0.5) is 5.69 Å². The third-order valence-corrected chi connectivity index (χ3v) is 4.61. The number of anilines is 1. The van der Waals surface area contributed by atoms with E-state index in [0.29, 0.717) is 18.0 Å². The molecule has 1 heterocycles. The molecule has 1 aliphatic rings. The Bertz CT molecular complexity index is 906. The second-order valence-electron chi connectivity index (χ2n) is 6.40. The van der Waals surface area contributed by atoms with Crippen molar-refractivity contribution in [2.45, 2.75) is 19.4 Å². The van der Waals surface area contributed by atoms with Crippen molar-refractivity contribution < 1.29 is 23.8 Å². The summed E-state index contributed by atoms with van der Waals surface area (Å²) in [6.45, 7) is 2.19. The quantitative estimate of drug-likeness (QED) is 0.568. The van der Waals surface area contributed by atoms with E-state index in [2.05, 4.69) is 0 Å². The van der Waals surface area contributed by atoms with Gasteiger partial charge in [-0.1, -0.05) is 24.3 Å². The maximum atomic E-state index is 12.7. The van der Waals surface area contributed by atoms with Crippen molar-refractivity contribution in [3.63, 3.8) is 0 Å². The molecule has 0 aromatic heterocycles. The fourth-order valence-electron chi connectivity index (χ4n) is 3.17. The smallest absolute Gasteiger partial charge is 0.331 e. The SMILES string of the molecule is COc1ccc(/C=C/C(=O)OC(C)C(=O)N2CCc3ccccc32)cc1OC. The summed E-state index contributed by atoms with van der Waals surface area (Å²) in [5.74, 6) is 0.363. The van der Waals surface area contributed by atoms with E-state index in [-0.39, 0.29) is 5.91 Å². The van der Waals surface area contributed by atoms with Crippen LogP contribution >= 0.6 is 0 Å². The maximum Gasteiger partial charge on any atom is 0.331 e. The Morgan fingerprint density at radius 2 is 1.82 bits per heavy atom. The molecule has 0 spiro atoms. The third-order valence-electron chi connectivity index (χ3n) is 4.61. The van der Waals surface area contributed by atoms with Crippen molar-refractivity contribution in [1.29, 1.82) is 0 Å². The molecule has 0 fully saturated rings. The van der Waals surface area contributed by atoms with Gasteiger partial charge >= 0.3 is 5.97 Å². The Balaban J connectivity index is 1.62. The van der Waals surface area contributed by atoms with E-state index in [0.717, 1.165) is 23.2 Å². The second-order valence-corrected chi connectivity index (χ2v) is 6.40. The molecular formula is C22H23NO5. The van der Waals surface area contributed by atoms with Crippen LogP contribution in [0.5, 0.6) is 11.5 Å². The Hall–Kier alpha value is -3.28. The number of para-hydroxylation sites is 1. The van der Waals surface area contributed by atoms with Gasteiger partial charge in [-0.15, -0.1) is 0 Å². The summed E-state index contributed by atoms with van der Waals surface area (Å²) in [7, 11) is 3.10. The summed E-state index contributed by atoms with van der Waals surface area (Å²) < 4.78 is 15.7. The molecule has 28 heavy (non-hydrogen) atoms. The maximum absolute atomic E-state index is 12.7. The fourth-order valence-corrected chi connectivity index (χ4v) is 3.17. The number of hydrogen-bond donors (Lipinski definition) is 0. The van der Waals surface area contributed by atoms with E-state index >= 15 is 0 Å². The second kappa shape index (κ2) is 8.61. The normalized spacial score (nSPS) is 13.9. The van der Waals surface area contributed by atoms with Crippen molar-refractivity contribution in [3.8, 4) is 11.5 Å². The molecule has 3 rings (SSSR count). The van der Waals surface area contributed by atoms with Gasteiger partial charge in [0.05, 0.1) is 14.2 Å². The molecule has 146 valence electrons. The zero-order chi connectivity index (χ0) is 20.1. The van der Waals surface area contributed by atoms with Crippen LogP contribution in [0.25, 0.3) is 6.08 Å². The third kappa shape index (κ3) is 4.17. The molecule has 0 aliphatic carbocycles. The van der Waals surface area contributed by atoms with Crippen molar-refractivity contribution >= 4 is 23.6 Å². The Morgan fingerprint density at radius 3 is 2.57 bits per heavy atom. The standard InChI is InChI=1S/C22H23NO5/c1-15(22(25)23-13-12-17-6-4-5-7-18(17)23)28-21(24)11-9-16-8-10-19(26-2)20(14-16)27-3/h4-11,14-15H,12-13H2,1-3H3/b11-9+. The summed E-state index contributed by atoms with van der Waals surface area (Å²) in [4.78, 5) is 26.5. The van der Waals surface area contributed by atoms with E-state index < -0.39 is 12.1 Å². The average Bonchev–Trinajstić information content (AvgIpc) is 3.15. The van der Waals surface area contributed by atoms with Crippen LogP contribution in [0.1, 0.15) is 18.1 Å². The monoisotopic (exact) mass is 381 g/mol. The van der Waals surface area contributed by atoms with Gasteiger partial charge in [-0.25, -0.2) is 4.79 Å². The molecule has 1 amide bonds. The lowest BCUT2D eigenvalue weighted by molar-refractivity contribution is -0.149. The van der Waals surface area contributed by atoms with Gasteiger partial charge in [0.15, 0.2) is 17.6 Å². The van der Waals surface area contributed by atoms with Gasteiger partial charge in [-0.2, -0.15) is 0 Å². The van der Waals surface area contributed by atoms with Crippen LogP contribution in [-0.4, -0.2) is 38.7 Å². The molecule has 2 aromatic rings. The summed E-state index contributed by atoms with van der Waals surface area (Å²) in [5.41, 5.74) is 2.76. The number of hydrogen-bond acceptors (Lipinski definition) is 5. The lowest BCUT2D eigenvalue weighted by atomic mass is 10.2. The number of benzene rings is 2. The summed E-state index contributed by atoms with van der Waals surface area (Å²) in [6.07, 6.45) is 2.84. The molecular weight excluding hydrogens is 358 g/mol. The number of nitrogens with zero attached hydrogens (tertiary/aromatic N) is 1. The van der Waals surface area contributed by atoms with E-state index in [9.17, 15) is 9.59 Å². The van der Waals surface area contributed by atoms with Crippen LogP contribution < -0.4 is 14.4 Å². The summed E-state index contributed by atoms with van der Waals surface area (Å²) in [5, 5.41) is 0. The van der Waals surface area contributed by atoms with Crippen LogP contribution in [0.15, 0.2) is 48.5 Å². The average molecular weight is 381 g/mol. The zero-order valence-corrected chi connectivity index (χ0v) is 16.2. The highest BCUT2D eigenvalue weighted by atomic mass is 16.5. The molecule has 6 nitrogen and oxygen atoms in total. The number of methoxy groups -OCH3 is 2. The van der Waals surface area contributed by atoms with Gasteiger partial charge in [-0.3, -0.25) is 4.79 Å². The molecule has 1 unspecified atom stereocenters. The first-order valence-electron chi connectivity index (χ1n) is 9.03. The molecule has 0 radical (unpaired) electrons. The number of esters is 1. The topological polar surface area (TPSA) is 65.1 Å². The number of carbonyl (C=O) groups is 2. The first kappa shape index (κ1) is 19.5. The first-order chi connectivity index (χ1) is 13.5. The fraction of sp³-hybridized carbons (Fsp3) is 0.273. The Kier molecular flexibility index (Phi) is 5.99. The van der Waals surface area contributed by atoms with Crippen LogP contribution in [0.2, 0.25) is 0 Å². The number of ether oxygens (including phenoxy) is 3. The highest BCUT2D eigenvalue weighted by Crippen LogP contribution is 2.29. The van der Waals surface area contributed by atoms with Crippen LogP contribution in [0, 0.1) is 0 Å². The Morgan fingerprint density at radius 1 is 1.07 bits per heavy atom. The van der Waals surface area contributed by atoms with Crippen molar-refractivity contribution in [3.05, 3.63) is 59.7 Å². The Labute approximate surface area is 164 Å². The summed E-state index contributed by atoms with van der Waals surface area (Å²) >= 11 is 0. The van der Waals surface area contributed by atoms with Gasteiger partial charge in [0.2, 0.25) is 0 Å². The van der Waals surface area contributed by atoms with Gasteiger partial charge < -0.3 is 19.1 Å². The highest BCUT2D eigenvalue weighted by molar-refractivity contribution is 6.00. The van der Waals surface area contributed by atoms with E-state index in [4.69, 9.17) is 14.2 Å². The van der Waals surface area contributed by atoms with E-state index in [1.54, 1.807) is 50.3 Å². The molecule has 0 saturated heterocycles. The first-order valence-corrected chi connectivity index (χ1v) is 9.03. The summed E-state index contributed by atoms with van der Waals surface area (Å²) in [6, 6.07) is 13.1. The minimum Gasteiger partial charge on any atom is -0.493 e. The van der Waals surface area contributed by atoms with Crippen LogP contribution in [0.3, 0.4) is 0 Å². The minimum absolute atomic E-state index is 0.224. The highest BCUT2D eigenvalue weighted by Gasteiger charge is 2.29. The molecule has 2 aromatic carbocycles. The molecule has 1 aliphatic heterocycles. The minimum atomic E-state index is -0.867. The number of carbonyl (C=O) groups excluding carboxylic acids is 2. The van der Waals surface area contributed by atoms with Crippen molar-refractivity contribution in [1.82, 2.24) is 0 Å². The lowest BCUT2D eigenvalue weighted by Crippen LogP contribution is -2.38. The molecule has 1 atom stereocenters. The molecule has 0 N–H and O–H groups in total. The number of fused-ring (bicyclic) bond motifs is 1. The van der Waals surface area contributed by atoms with E-state index in [1.165, 1.54) is 6.08 Å². The predicted molar refractivity (Wildman–Crippen MR) is 107 cm³/mol. The van der Waals surface area contributed by atoms with Gasteiger partial charge in [0, 0.05) is 18.3 Å². The van der Waals surface area contributed by atoms with Gasteiger partial charge in [0.25, 0.3) is 5.91 Å². The molecule has 0 bridgehead atoms. The molecule has 6 heteroatoms. The van der Waals surface area contributed by atoms with Gasteiger partial charge in [-0.05, 0) is 48.7 Å².